The summed E-state index contributed by atoms with van der Waals surface area (Å²) in [5.74, 6) is -0.207. The lowest BCUT2D eigenvalue weighted by molar-refractivity contribution is 0.627. The van der Waals surface area contributed by atoms with Crippen LogP contribution in [0.5, 0.6) is 0 Å². The van der Waals surface area contributed by atoms with E-state index in [1.165, 1.54) is 17.7 Å². The Morgan fingerprint density at radius 1 is 0.900 bits per heavy atom. The van der Waals surface area contributed by atoms with E-state index in [0.717, 1.165) is 18.5 Å². The van der Waals surface area contributed by atoms with E-state index < -0.39 is 0 Å². The molecule has 0 aliphatic rings. The molecule has 2 aromatic carbocycles. The molecule has 2 aromatic rings. The average molecular weight is 288 g/mol. The lowest BCUT2D eigenvalue weighted by atomic mass is 10.1. The molecule has 0 aromatic heterocycles. The van der Waals surface area contributed by atoms with Crippen molar-refractivity contribution in [3.05, 3.63) is 71.5 Å². The maximum Gasteiger partial charge on any atom is 0.166 e. The predicted molar refractivity (Wildman–Crippen MR) is 84.0 cm³/mol. The molecular formula is C16H17FN2S. The molecular weight excluding hydrogens is 271 g/mol. The first kappa shape index (κ1) is 14.5. The van der Waals surface area contributed by atoms with Gasteiger partial charge in [0.25, 0.3) is 0 Å². The summed E-state index contributed by atoms with van der Waals surface area (Å²) in [4.78, 5) is 0. The minimum Gasteiger partial charge on any atom is -0.362 e. The van der Waals surface area contributed by atoms with Crippen LogP contribution in [-0.2, 0) is 13.0 Å². The number of hydrogen-bond donors (Lipinski definition) is 2. The van der Waals surface area contributed by atoms with Crippen LogP contribution < -0.4 is 10.6 Å². The van der Waals surface area contributed by atoms with E-state index in [1.807, 2.05) is 30.3 Å². The van der Waals surface area contributed by atoms with E-state index in [-0.39, 0.29) is 5.82 Å². The van der Waals surface area contributed by atoms with Crippen LogP contribution in [0, 0.1) is 5.82 Å². The van der Waals surface area contributed by atoms with Gasteiger partial charge in [-0.15, -0.1) is 0 Å². The molecule has 0 spiro atoms. The van der Waals surface area contributed by atoms with Crippen molar-refractivity contribution in [1.82, 2.24) is 10.6 Å². The van der Waals surface area contributed by atoms with Crippen molar-refractivity contribution in [2.45, 2.75) is 13.0 Å². The zero-order valence-electron chi connectivity index (χ0n) is 11.1. The van der Waals surface area contributed by atoms with Crippen LogP contribution in [0.2, 0.25) is 0 Å². The normalized spacial score (nSPS) is 10.1. The monoisotopic (exact) mass is 288 g/mol. The molecule has 0 unspecified atom stereocenters. The highest BCUT2D eigenvalue weighted by Crippen LogP contribution is 2.02. The molecule has 2 N–H and O–H groups in total. The molecule has 0 bridgehead atoms. The van der Waals surface area contributed by atoms with Crippen molar-refractivity contribution in [1.29, 1.82) is 0 Å². The second-order valence-electron chi connectivity index (χ2n) is 4.47. The van der Waals surface area contributed by atoms with Gasteiger partial charge in [0, 0.05) is 13.1 Å². The summed E-state index contributed by atoms with van der Waals surface area (Å²) in [6, 6.07) is 16.6. The highest BCUT2D eigenvalue weighted by atomic mass is 32.1. The van der Waals surface area contributed by atoms with Gasteiger partial charge in [-0.1, -0.05) is 42.5 Å². The van der Waals surface area contributed by atoms with Crippen molar-refractivity contribution in [3.8, 4) is 0 Å². The summed E-state index contributed by atoms with van der Waals surface area (Å²) < 4.78 is 12.8. The fourth-order valence-corrected chi connectivity index (χ4v) is 1.99. The Labute approximate surface area is 124 Å². The smallest absolute Gasteiger partial charge is 0.166 e. The van der Waals surface area contributed by atoms with Crippen molar-refractivity contribution in [3.63, 3.8) is 0 Å². The Morgan fingerprint density at radius 2 is 1.60 bits per heavy atom. The number of nitrogens with one attached hydrogen (secondary N) is 2. The first-order valence-corrected chi connectivity index (χ1v) is 6.95. The van der Waals surface area contributed by atoms with Crippen LogP contribution in [0.25, 0.3) is 0 Å². The van der Waals surface area contributed by atoms with Gasteiger partial charge in [-0.25, -0.2) is 4.39 Å². The van der Waals surface area contributed by atoms with Crippen molar-refractivity contribution >= 4 is 17.3 Å². The highest BCUT2D eigenvalue weighted by molar-refractivity contribution is 7.80. The Hall–Kier alpha value is -1.94. The van der Waals surface area contributed by atoms with E-state index >= 15 is 0 Å². The molecule has 0 radical (unpaired) electrons. The van der Waals surface area contributed by atoms with Crippen molar-refractivity contribution < 1.29 is 4.39 Å². The van der Waals surface area contributed by atoms with Crippen molar-refractivity contribution in [2.75, 3.05) is 6.54 Å². The lowest BCUT2D eigenvalue weighted by Crippen LogP contribution is -2.35. The topological polar surface area (TPSA) is 24.1 Å². The van der Waals surface area contributed by atoms with Gasteiger partial charge < -0.3 is 10.6 Å². The SMILES string of the molecule is Fc1ccc(CCNC(=S)NCc2ccccc2)cc1. The molecule has 2 nitrogen and oxygen atoms in total. The summed E-state index contributed by atoms with van der Waals surface area (Å²) in [7, 11) is 0. The van der Waals surface area contributed by atoms with Crippen LogP contribution in [-0.4, -0.2) is 11.7 Å². The Balaban J connectivity index is 1.66. The average Bonchev–Trinajstić information content (AvgIpc) is 2.48. The molecule has 0 fully saturated rings. The van der Waals surface area contributed by atoms with E-state index in [9.17, 15) is 4.39 Å². The van der Waals surface area contributed by atoms with Gasteiger partial charge in [-0.3, -0.25) is 0 Å². The zero-order valence-corrected chi connectivity index (χ0v) is 11.9. The number of rotatable bonds is 5. The Morgan fingerprint density at radius 3 is 2.30 bits per heavy atom. The molecule has 0 atom stereocenters. The molecule has 0 aliphatic heterocycles. The van der Waals surface area contributed by atoms with Crippen LogP contribution in [0.15, 0.2) is 54.6 Å². The third-order valence-electron chi connectivity index (χ3n) is 2.91. The Kier molecular flexibility index (Phi) is 5.50. The molecule has 20 heavy (non-hydrogen) atoms. The van der Waals surface area contributed by atoms with Gasteiger partial charge in [0.1, 0.15) is 5.82 Å². The van der Waals surface area contributed by atoms with E-state index in [1.54, 1.807) is 12.1 Å². The molecule has 2 rings (SSSR count). The zero-order chi connectivity index (χ0) is 14.2. The van der Waals surface area contributed by atoms with Crippen LogP contribution in [0.1, 0.15) is 11.1 Å². The number of benzene rings is 2. The summed E-state index contributed by atoms with van der Waals surface area (Å²) in [6.45, 7) is 1.44. The number of thiocarbonyl (C=S) groups is 1. The number of halogens is 1. The molecule has 104 valence electrons. The molecule has 0 amide bonds. The van der Waals surface area contributed by atoms with Crippen LogP contribution in [0.4, 0.5) is 4.39 Å². The van der Waals surface area contributed by atoms with Gasteiger partial charge in [0.2, 0.25) is 0 Å². The molecule has 0 saturated heterocycles. The fourth-order valence-electron chi connectivity index (χ4n) is 1.81. The second kappa shape index (κ2) is 7.60. The second-order valence-corrected chi connectivity index (χ2v) is 4.88. The highest BCUT2D eigenvalue weighted by Gasteiger charge is 1.97. The van der Waals surface area contributed by atoms with E-state index in [2.05, 4.69) is 10.6 Å². The third kappa shape index (κ3) is 4.97. The maximum absolute atomic E-state index is 12.8. The van der Waals surface area contributed by atoms with Gasteiger partial charge in [0.05, 0.1) is 0 Å². The summed E-state index contributed by atoms with van der Waals surface area (Å²) >= 11 is 5.21. The van der Waals surface area contributed by atoms with Gasteiger partial charge in [0.15, 0.2) is 5.11 Å². The van der Waals surface area contributed by atoms with Gasteiger partial charge >= 0.3 is 0 Å². The standard InChI is InChI=1S/C16H17FN2S/c17-15-8-6-13(7-9-15)10-11-18-16(20)19-12-14-4-2-1-3-5-14/h1-9H,10-12H2,(H2,18,19,20). The number of hydrogen-bond acceptors (Lipinski definition) is 1. The predicted octanol–water partition coefficient (Wildman–Crippen LogP) is 3.03. The summed E-state index contributed by atoms with van der Waals surface area (Å²) in [6.07, 6.45) is 0.813. The molecule has 0 heterocycles. The van der Waals surface area contributed by atoms with Crippen LogP contribution >= 0.6 is 12.2 Å². The van der Waals surface area contributed by atoms with Crippen molar-refractivity contribution in [2.24, 2.45) is 0 Å². The molecule has 0 aliphatic carbocycles. The van der Waals surface area contributed by atoms with Gasteiger partial charge in [-0.05, 0) is 41.9 Å². The maximum atomic E-state index is 12.8. The van der Waals surface area contributed by atoms with Gasteiger partial charge in [-0.2, -0.15) is 0 Å². The summed E-state index contributed by atoms with van der Waals surface area (Å²) in [5.41, 5.74) is 2.28. The first-order valence-electron chi connectivity index (χ1n) is 6.54. The minimum atomic E-state index is -0.207. The largest absolute Gasteiger partial charge is 0.362 e. The lowest BCUT2D eigenvalue weighted by Gasteiger charge is -2.10. The Bertz CT molecular complexity index is 540. The molecule has 4 heteroatoms. The fraction of sp³-hybridized carbons (Fsp3) is 0.188. The first-order chi connectivity index (χ1) is 9.74. The minimum absolute atomic E-state index is 0.207. The quantitative estimate of drug-likeness (QED) is 0.827. The molecule has 0 saturated carbocycles. The van der Waals surface area contributed by atoms with E-state index in [0.29, 0.717) is 11.7 Å². The summed E-state index contributed by atoms with van der Waals surface area (Å²) in [5, 5.41) is 6.93. The third-order valence-corrected chi connectivity index (χ3v) is 3.20. The van der Waals surface area contributed by atoms with Crippen LogP contribution in [0.3, 0.4) is 0 Å². The van der Waals surface area contributed by atoms with E-state index in [4.69, 9.17) is 12.2 Å².